The molecule has 0 bridgehead atoms. The fraction of sp³-hybridized carbons (Fsp3) is 0.471. The van der Waals surface area contributed by atoms with Crippen molar-refractivity contribution >= 4 is 17.9 Å². The molecule has 1 aromatic rings. The zero-order valence-corrected chi connectivity index (χ0v) is 14.5. The van der Waals surface area contributed by atoms with Crippen LogP contribution < -0.4 is 9.47 Å². The summed E-state index contributed by atoms with van der Waals surface area (Å²) in [6, 6.07) is 0. The lowest BCUT2D eigenvalue weighted by atomic mass is 9.82. The number of hydrogen-bond acceptors (Lipinski definition) is 7. The molecule has 0 aliphatic carbocycles. The highest BCUT2D eigenvalue weighted by atomic mass is 16.7. The van der Waals surface area contributed by atoms with E-state index in [2.05, 4.69) is 0 Å². The van der Waals surface area contributed by atoms with E-state index in [9.17, 15) is 19.5 Å². The Bertz CT molecular complexity index is 746. The molecule has 7 heteroatoms. The molecule has 0 radical (unpaired) electrons. The van der Waals surface area contributed by atoms with Crippen LogP contribution in [0.5, 0.6) is 11.5 Å². The summed E-state index contributed by atoms with van der Waals surface area (Å²) in [5.74, 6) is -4.14. The molecule has 1 aliphatic heterocycles. The topological polar surface area (TPSA) is 99.1 Å². The molecule has 0 saturated carbocycles. The van der Waals surface area contributed by atoms with E-state index >= 15 is 0 Å². The maximum atomic E-state index is 12.4. The lowest BCUT2D eigenvalue weighted by Crippen LogP contribution is -2.42. The molecule has 1 aromatic carbocycles. The molecule has 1 N–H and O–H groups in total. The summed E-state index contributed by atoms with van der Waals surface area (Å²) in [6.45, 7) is 8.74. The van der Waals surface area contributed by atoms with Gasteiger partial charge in [-0.1, -0.05) is 6.92 Å². The van der Waals surface area contributed by atoms with Crippen LogP contribution in [-0.4, -0.2) is 28.8 Å². The van der Waals surface area contributed by atoms with E-state index in [4.69, 9.17) is 14.2 Å². The van der Waals surface area contributed by atoms with Crippen molar-refractivity contribution in [3.05, 3.63) is 22.3 Å². The number of ether oxygens (including phenoxy) is 3. The number of hydrogen-bond donors (Lipinski definition) is 1. The van der Waals surface area contributed by atoms with Crippen LogP contribution in [0, 0.1) is 13.8 Å². The Morgan fingerprint density at radius 2 is 1.58 bits per heavy atom. The molecule has 0 fully saturated rings. The van der Waals surface area contributed by atoms with Crippen LogP contribution in [0.15, 0.2) is 0 Å². The maximum Gasteiger partial charge on any atom is 0.344 e. The third-order valence-corrected chi connectivity index (χ3v) is 4.15. The Morgan fingerprint density at radius 3 is 2.08 bits per heavy atom. The summed E-state index contributed by atoms with van der Waals surface area (Å²) in [5.41, 5.74) is 1.34. The van der Waals surface area contributed by atoms with Crippen LogP contribution in [0.25, 0.3) is 0 Å². The van der Waals surface area contributed by atoms with Gasteiger partial charge in [0.15, 0.2) is 5.75 Å². The summed E-state index contributed by atoms with van der Waals surface area (Å²) in [5, 5.41) is 10.3. The first-order valence-corrected chi connectivity index (χ1v) is 7.47. The SMILES string of the molecule is CC(=O)Oc1c(C)c(OC(C)=O)c2c(c1C)C(C)C(C)(O)OC2=O. The second kappa shape index (κ2) is 5.90. The van der Waals surface area contributed by atoms with Crippen LogP contribution >= 0.6 is 0 Å². The predicted molar refractivity (Wildman–Crippen MR) is 83.0 cm³/mol. The first kappa shape index (κ1) is 17.9. The van der Waals surface area contributed by atoms with Crippen LogP contribution in [-0.2, 0) is 14.3 Å². The van der Waals surface area contributed by atoms with Crippen LogP contribution in [0.2, 0.25) is 0 Å². The molecular weight excluding hydrogens is 316 g/mol. The molecule has 0 amide bonds. The Labute approximate surface area is 139 Å². The number of carbonyl (C=O) groups excluding carboxylic acids is 3. The Hall–Kier alpha value is -2.41. The largest absolute Gasteiger partial charge is 0.429 e. The van der Waals surface area contributed by atoms with Gasteiger partial charge in [-0.2, -0.15) is 0 Å². The number of fused-ring (bicyclic) bond motifs is 1. The average Bonchev–Trinajstić information content (AvgIpc) is 2.42. The third kappa shape index (κ3) is 2.87. The van der Waals surface area contributed by atoms with Gasteiger partial charge in [-0.05, 0) is 25.0 Å². The van der Waals surface area contributed by atoms with Gasteiger partial charge in [0.2, 0.25) is 5.79 Å². The zero-order chi connectivity index (χ0) is 18.4. The summed E-state index contributed by atoms with van der Waals surface area (Å²) < 4.78 is 15.5. The molecule has 1 aliphatic rings. The molecule has 130 valence electrons. The molecule has 2 atom stereocenters. The molecule has 0 saturated heterocycles. The fourth-order valence-corrected chi connectivity index (χ4v) is 2.91. The van der Waals surface area contributed by atoms with Crippen molar-refractivity contribution in [3.63, 3.8) is 0 Å². The van der Waals surface area contributed by atoms with Gasteiger partial charge in [0.05, 0.1) is 0 Å². The van der Waals surface area contributed by atoms with Gasteiger partial charge in [0, 0.05) is 32.3 Å². The molecule has 24 heavy (non-hydrogen) atoms. The van der Waals surface area contributed by atoms with Crippen molar-refractivity contribution in [2.24, 2.45) is 0 Å². The van der Waals surface area contributed by atoms with Gasteiger partial charge in [0.1, 0.15) is 11.3 Å². The highest BCUT2D eigenvalue weighted by Crippen LogP contribution is 2.47. The number of carbonyl (C=O) groups is 3. The minimum Gasteiger partial charge on any atom is -0.429 e. The molecular formula is C17H20O7. The average molecular weight is 336 g/mol. The van der Waals surface area contributed by atoms with Crippen LogP contribution in [0.1, 0.15) is 60.7 Å². The molecule has 0 spiro atoms. The lowest BCUT2D eigenvalue weighted by Gasteiger charge is -2.37. The maximum absolute atomic E-state index is 12.4. The minimum atomic E-state index is -1.73. The van der Waals surface area contributed by atoms with Crippen LogP contribution in [0.4, 0.5) is 0 Å². The quantitative estimate of drug-likeness (QED) is 0.652. The predicted octanol–water partition coefficient (Wildman–Crippen LogP) is 2.14. The standard InChI is InChI=1S/C17H20O7/c1-7-12-9(3)17(6,21)24-16(20)13(12)15(23-11(5)19)8(2)14(7)22-10(4)18/h9,21H,1-6H3. The molecule has 1 heterocycles. The fourth-order valence-electron chi connectivity index (χ4n) is 2.91. The van der Waals surface area contributed by atoms with Crippen molar-refractivity contribution in [1.82, 2.24) is 0 Å². The Kier molecular flexibility index (Phi) is 4.41. The zero-order valence-electron chi connectivity index (χ0n) is 14.5. The van der Waals surface area contributed by atoms with Crippen molar-refractivity contribution < 1.29 is 33.7 Å². The second-order valence-electron chi connectivity index (χ2n) is 6.05. The van der Waals surface area contributed by atoms with Gasteiger partial charge in [0.25, 0.3) is 0 Å². The van der Waals surface area contributed by atoms with E-state index in [1.807, 2.05) is 0 Å². The van der Waals surface area contributed by atoms with E-state index in [0.29, 0.717) is 16.7 Å². The van der Waals surface area contributed by atoms with E-state index in [0.717, 1.165) is 0 Å². The Balaban J connectivity index is 2.87. The van der Waals surface area contributed by atoms with Gasteiger partial charge in [-0.3, -0.25) is 9.59 Å². The van der Waals surface area contributed by atoms with Crippen molar-refractivity contribution in [2.45, 2.75) is 53.2 Å². The number of benzene rings is 1. The smallest absolute Gasteiger partial charge is 0.344 e. The number of aliphatic hydroxyl groups is 1. The van der Waals surface area contributed by atoms with Gasteiger partial charge < -0.3 is 19.3 Å². The highest BCUT2D eigenvalue weighted by Gasteiger charge is 2.45. The monoisotopic (exact) mass is 336 g/mol. The second-order valence-corrected chi connectivity index (χ2v) is 6.05. The van der Waals surface area contributed by atoms with Crippen LogP contribution in [0.3, 0.4) is 0 Å². The van der Waals surface area contributed by atoms with Gasteiger partial charge in [-0.25, -0.2) is 4.79 Å². The van der Waals surface area contributed by atoms with Crippen molar-refractivity contribution in [3.8, 4) is 11.5 Å². The molecule has 2 rings (SSSR count). The molecule has 7 nitrogen and oxygen atoms in total. The van der Waals surface area contributed by atoms with E-state index in [1.165, 1.54) is 20.8 Å². The Morgan fingerprint density at radius 1 is 1.08 bits per heavy atom. The molecule has 0 aromatic heterocycles. The number of rotatable bonds is 2. The van der Waals surface area contributed by atoms with E-state index in [-0.39, 0.29) is 17.1 Å². The normalized spacial score (nSPS) is 22.5. The van der Waals surface area contributed by atoms with Crippen molar-refractivity contribution in [1.29, 1.82) is 0 Å². The highest BCUT2D eigenvalue weighted by molar-refractivity contribution is 5.98. The minimum absolute atomic E-state index is 0.0216. The summed E-state index contributed by atoms with van der Waals surface area (Å²) in [7, 11) is 0. The number of esters is 3. The van der Waals surface area contributed by atoms with E-state index < -0.39 is 29.6 Å². The number of cyclic esters (lactones) is 1. The third-order valence-electron chi connectivity index (χ3n) is 4.15. The van der Waals surface area contributed by atoms with Gasteiger partial charge >= 0.3 is 17.9 Å². The first-order valence-electron chi connectivity index (χ1n) is 7.47. The summed E-state index contributed by atoms with van der Waals surface area (Å²) in [6.07, 6.45) is 0. The summed E-state index contributed by atoms with van der Waals surface area (Å²) >= 11 is 0. The summed E-state index contributed by atoms with van der Waals surface area (Å²) in [4.78, 5) is 35.3. The van der Waals surface area contributed by atoms with Crippen molar-refractivity contribution in [2.75, 3.05) is 0 Å². The molecule has 2 unspecified atom stereocenters. The lowest BCUT2D eigenvalue weighted by molar-refractivity contribution is -0.170. The first-order chi connectivity index (χ1) is 11.0. The van der Waals surface area contributed by atoms with E-state index in [1.54, 1.807) is 20.8 Å². The van der Waals surface area contributed by atoms with Gasteiger partial charge in [-0.15, -0.1) is 0 Å².